The SMILES string of the molecule is C1=CCCC1.CC(C)OC=O.[H-].[Na+]. The molecule has 1 rings (SSSR count). The summed E-state index contributed by atoms with van der Waals surface area (Å²) in [6, 6.07) is 0. The van der Waals surface area contributed by atoms with Crippen LogP contribution >= 0.6 is 0 Å². The predicted molar refractivity (Wildman–Crippen MR) is 46.4 cm³/mol. The van der Waals surface area contributed by atoms with E-state index in [9.17, 15) is 4.79 Å². The van der Waals surface area contributed by atoms with Crippen molar-refractivity contribution in [1.29, 1.82) is 0 Å². The third-order valence-electron chi connectivity index (χ3n) is 1.24. The van der Waals surface area contributed by atoms with Crippen molar-refractivity contribution >= 4 is 6.47 Å². The number of hydrogen-bond donors (Lipinski definition) is 0. The van der Waals surface area contributed by atoms with Crippen LogP contribution in [0.25, 0.3) is 0 Å². The van der Waals surface area contributed by atoms with Crippen molar-refractivity contribution in [1.82, 2.24) is 0 Å². The van der Waals surface area contributed by atoms with Gasteiger partial charge < -0.3 is 6.16 Å². The Bertz CT molecular complexity index is 121. The Hall–Kier alpha value is 0.210. The summed E-state index contributed by atoms with van der Waals surface area (Å²) < 4.78 is 4.36. The zero-order valence-electron chi connectivity index (χ0n) is 9.25. The average molecular weight is 180 g/mol. The number of carbonyl (C=O) groups excluding carboxylic acids is 1. The van der Waals surface area contributed by atoms with Crippen molar-refractivity contribution in [3.63, 3.8) is 0 Å². The molecule has 2 nitrogen and oxygen atoms in total. The number of carbonyl (C=O) groups is 1. The van der Waals surface area contributed by atoms with Crippen LogP contribution in [0.4, 0.5) is 0 Å². The van der Waals surface area contributed by atoms with Gasteiger partial charge in [0, 0.05) is 0 Å². The van der Waals surface area contributed by atoms with E-state index < -0.39 is 0 Å². The first-order valence-corrected chi connectivity index (χ1v) is 4.01. The second kappa shape index (κ2) is 11.2. The van der Waals surface area contributed by atoms with E-state index in [4.69, 9.17) is 0 Å². The first-order chi connectivity index (χ1) is 5.27. The maximum atomic E-state index is 9.39. The summed E-state index contributed by atoms with van der Waals surface area (Å²) in [7, 11) is 0. The number of allylic oxidation sites excluding steroid dienone is 2. The Morgan fingerprint density at radius 3 is 2.00 bits per heavy atom. The van der Waals surface area contributed by atoms with E-state index in [0.717, 1.165) is 0 Å². The zero-order valence-corrected chi connectivity index (χ0v) is 10.2. The van der Waals surface area contributed by atoms with E-state index in [1.807, 2.05) is 0 Å². The molecule has 0 unspecified atom stereocenters. The van der Waals surface area contributed by atoms with Gasteiger partial charge in [-0.1, -0.05) is 12.2 Å². The van der Waals surface area contributed by atoms with Crippen molar-refractivity contribution in [3.8, 4) is 0 Å². The number of rotatable bonds is 2. The van der Waals surface area contributed by atoms with Gasteiger partial charge in [0.05, 0.1) is 6.10 Å². The Kier molecular flexibility index (Phi) is 13.7. The van der Waals surface area contributed by atoms with Crippen molar-refractivity contribution in [2.45, 2.75) is 39.2 Å². The minimum atomic E-state index is 0. The molecule has 0 spiro atoms. The van der Waals surface area contributed by atoms with E-state index in [1.165, 1.54) is 19.3 Å². The van der Waals surface area contributed by atoms with E-state index in [1.54, 1.807) is 13.8 Å². The summed E-state index contributed by atoms with van der Waals surface area (Å²) in [6.45, 7) is 4.05. The first-order valence-electron chi connectivity index (χ1n) is 4.01. The summed E-state index contributed by atoms with van der Waals surface area (Å²) in [4.78, 5) is 9.39. The maximum absolute atomic E-state index is 9.39. The quantitative estimate of drug-likeness (QED) is 0.322. The zero-order chi connectivity index (χ0) is 8.53. The molecule has 0 aromatic rings. The van der Waals surface area contributed by atoms with Crippen LogP contribution in [-0.4, -0.2) is 12.6 Å². The third kappa shape index (κ3) is 12.8. The number of ether oxygens (including phenoxy) is 1. The second-order valence-corrected chi connectivity index (χ2v) is 2.68. The molecule has 1 aliphatic rings. The van der Waals surface area contributed by atoms with E-state index in [2.05, 4.69) is 16.9 Å². The molecule has 66 valence electrons. The Morgan fingerprint density at radius 2 is 1.92 bits per heavy atom. The normalized spacial score (nSPS) is 12.9. The van der Waals surface area contributed by atoms with Gasteiger partial charge in [0.15, 0.2) is 0 Å². The molecule has 0 atom stereocenters. The molecular formula is C9H17NaO2. The third-order valence-corrected chi connectivity index (χ3v) is 1.24. The van der Waals surface area contributed by atoms with Crippen LogP contribution < -0.4 is 29.6 Å². The molecule has 0 heterocycles. The Labute approximate surface area is 98.1 Å². The first kappa shape index (κ1) is 14.7. The molecule has 0 aromatic carbocycles. The van der Waals surface area contributed by atoms with Gasteiger partial charge in [-0.05, 0) is 33.1 Å². The van der Waals surface area contributed by atoms with Gasteiger partial charge in [0.2, 0.25) is 0 Å². The van der Waals surface area contributed by atoms with Gasteiger partial charge in [0.25, 0.3) is 6.47 Å². The van der Waals surface area contributed by atoms with Crippen molar-refractivity contribution in [2.24, 2.45) is 0 Å². The molecule has 1 aliphatic carbocycles. The molecule has 0 aromatic heterocycles. The van der Waals surface area contributed by atoms with Crippen LogP contribution in [0, 0.1) is 0 Å². The molecule has 0 saturated carbocycles. The summed E-state index contributed by atoms with van der Waals surface area (Å²) in [6.07, 6.45) is 8.53. The summed E-state index contributed by atoms with van der Waals surface area (Å²) >= 11 is 0. The summed E-state index contributed by atoms with van der Waals surface area (Å²) in [5, 5.41) is 0. The van der Waals surface area contributed by atoms with Crippen LogP contribution in [-0.2, 0) is 9.53 Å². The van der Waals surface area contributed by atoms with Gasteiger partial charge in [-0.25, -0.2) is 0 Å². The van der Waals surface area contributed by atoms with Gasteiger partial charge in [0.1, 0.15) is 0 Å². The monoisotopic (exact) mass is 180 g/mol. The molecule has 0 radical (unpaired) electrons. The van der Waals surface area contributed by atoms with Crippen LogP contribution in [0.2, 0.25) is 0 Å². The summed E-state index contributed by atoms with van der Waals surface area (Å²) in [5.41, 5.74) is 0. The van der Waals surface area contributed by atoms with Crippen LogP contribution in [0.1, 0.15) is 34.5 Å². The molecular weight excluding hydrogens is 163 g/mol. The van der Waals surface area contributed by atoms with Gasteiger partial charge in [-0.2, -0.15) is 0 Å². The molecule has 12 heavy (non-hydrogen) atoms. The topological polar surface area (TPSA) is 26.3 Å². The van der Waals surface area contributed by atoms with E-state index in [-0.39, 0.29) is 37.1 Å². The molecule has 3 heteroatoms. The summed E-state index contributed by atoms with van der Waals surface area (Å²) in [5.74, 6) is 0. The minimum Gasteiger partial charge on any atom is -1.00 e. The predicted octanol–water partition coefficient (Wildman–Crippen LogP) is -0.589. The van der Waals surface area contributed by atoms with Gasteiger partial charge >= 0.3 is 29.6 Å². The largest absolute Gasteiger partial charge is 1.00 e. The van der Waals surface area contributed by atoms with Crippen LogP contribution in [0.5, 0.6) is 0 Å². The van der Waals surface area contributed by atoms with Crippen LogP contribution in [0.3, 0.4) is 0 Å². The molecule has 0 aliphatic heterocycles. The standard InChI is InChI=1S/C5H8.C4H8O2.Na.H/c1-2-4-5-3-1;1-4(2)6-3-5;;/h1-2H,3-5H2;3-4H,1-2H3;;/q;;+1;-1. The molecule has 0 fully saturated rings. The van der Waals surface area contributed by atoms with Gasteiger partial charge in [-0.3, -0.25) is 4.79 Å². The second-order valence-electron chi connectivity index (χ2n) is 2.68. The molecule has 0 bridgehead atoms. The molecule has 0 amide bonds. The van der Waals surface area contributed by atoms with Crippen molar-refractivity contribution in [3.05, 3.63) is 12.2 Å². The smallest absolute Gasteiger partial charge is 1.00 e. The number of hydrogen-bond acceptors (Lipinski definition) is 2. The Morgan fingerprint density at radius 1 is 1.42 bits per heavy atom. The van der Waals surface area contributed by atoms with E-state index in [0.29, 0.717) is 6.47 Å². The maximum Gasteiger partial charge on any atom is 1.00 e. The average Bonchev–Trinajstić information content (AvgIpc) is 2.41. The molecule has 0 saturated heterocycles. The van der Waals surface area contributed by atoms with Crippen molar-refractivity contribution in [2.75, 3.05) is 0 Å². The minimum absolute atomic E-state index is 0. The van der Waals surface area contributed by atoms with Crippen molar-refractivity contribution < 1.29 is 40.5 Å². The van der Waals surface area contributed by atoms with Gasteiger partial charge in [-0.15, -0.1) is 0 Å². The fraction of sp³-hybridized carbons (Fsp3) is 0.667. The molecule has 0 N–H and O–H groups in total. The Balaban J connectivity index is -0.000000134. The fourth-order valence-corrected chi connectivity index (χ4v) is 0.700. The van der Waals surface area contributed by atoms with Crippen LogP contribution in [0.15, 0.2) is 12.2 Å². The van der Waals surface area contributed by atoms with E-state index >= 15 is 0 Å². The fourth-order valence-electron chi connectivity index (χ4n) is 0.700.